The molecule has 1 atom stereocenters. The molecule has 1 fully saturated rings. The van der Waals surface area contributed by atoms with Crippen LogP contribution in [0.5, 0.6) is 5.75 Å². The quantitative estimate of drug-likeness (QED) is 0.856. The third-order valence-corrected chi connectivity index (χ3v) is 4.75. The van der Waals surface area contributed by atoms with Gasteiger partial charge in [-0.15, -0.1) is 12.4 Å². The predicted molar refractivity (Wildman–Crippen MR) is 99.6 cm³/mol. The number of para-hydroxylation sites is 1. The molecule has 1 aromatic carbocycles. The SMILES string of the molecule is CCNCC1CCN(C(=O)c2cccc3c2OC(C)C(=O)N3)CC1.Cl. The first-order valence-electron chi connectivity index (χ1n) is 8.70. The molecule has 25 heavy (non-hydrogen) atoms. The van der Waals surface area contributed by atoms with Crippen molar-refractivity contribution in [3.63, 3.8) is 0 Å². The van der Waals surface area contributed by atoms with Crippen LogP contribution in [0.15, 0.2) is 18.2 Å². The molecule has 7 heteroatoms. The number of ether oxygens (including phenoxy) is 1. The molecule has 0 aliphatic carbocycles. The normalized spacial score (nSPS) is 20.2. The summed E-state index contributed by atoms with van der Waals surface area (Å²) in [5.41, 5.74) is 1.11. The molecule has 6 nitrogen and oxygen atoms in total. The number of hydrogen-bond donors (Lipinski definition) is 2. The third-order valence-electron chi connectivity index (χ3n) is 4.75. The van der Waals surface area contributed by atoms with Crippen LogP contribution in [-0.4, -0.2) is 49.0 Å². The number of benzene rings is 1. The molecule has 3 rings (SSSR count). The van der Waals surface area contributed by atoms with Gasteiger partial charge in [0.2, 0.25) is 0 Å². The predicted octanol–water partition coefficient (Wildman–Crippen LogP) is 2.29. The number of anilines is 1. The van der Waals surface area contributed by atoms with Crippen molar-refractivity contribution < 1.29 is 14.3 Å². The maximum Gasteiger partial charge on any atom is 0.265 e. The minimum Gasteiger partial charge on any atom is -0.478 e. The summed E-state index contributed by atoms with van der Waals surface area (Å²) in [6.07, 6.45) is 1.45. The monoisotopic (exact) mass is 367 g/mol. The highest BCUT2D eigenvalue weighted by Crippen LogP contribution is 2.34. The van der Waals surface area contributed by atoms with Crippen molar-refractivity contribution >= 4 is 29.9 Å². The van der Waals surface area contributed by atoms with Crippen molar-refractivity contribution in [2.75, 3.05) is 31.5 Å². The van der Waals surface area contributed by atoms with Gasteiger partial charge in [-0.05, 0) is 50.9 Å². The Labute approximate surface area is 154 Å². The lowest BCUT2D eigenvalue weighted by Gasteiger charge is -2.33. The Morgan fingerprint density at radius 2 is 2.08 bits per heavy atom. The summed E-state index contributed by atoms with van der Waals surface area (Å²) < 4.78 is 5.69. The van der Waals surface area contributed by atoms with Gasteiger partial charge in [0.15, 0.2) is 11.9 Å². The second kappa shape index (κ2) is 8.54. The summed E-state index contributed by atoms with van der Waals surface area (Å²) >= 11 is 0. The average molecular weight is 368 g/mol. The lowest BCUT2D eigenvalue weighted by atomic mass is 9.96. The number of nitrogens with one attached hydrogen (secondary N) is 2. The van der Waals surface area contributed by atoms with Crippen molar-refractivity contribution in [1.29, 1.82) is 0 Å². The molecular formula is C18H26ClN3O3. The number of piperidine rings is 1. The van der Waals surface area contributed by atoms with Crippen molar-refractivity contribution in [1.82, 2.24) is 10.2 Å². The van der Waals surface area contributed by atoms with Crippen LogP contribution in [-0.2, 0) is 4.79 Å². The van der Waals surface area contributed by atoms with Gasteiger partial charge in [-0.1, -0.05) is 13.0 Å². The molecule has 2 aliphatic heterocycles. The number of fused-ring (bicyclic) bond motifs is 1. The molecule has 138 valence electrons. The van der Waals surface area contributed by atoms with Gasteiger partial charge in [-0.3, -0.25) is 9.59 Å². The van der Waals surface area contributed by atoms with Gasteiger partial charge in [0, 0.05) is 13.1 Å². The number of carbonyl (C=O) groups excluding carboxylic acids is 2. The first-order chi connectivity index (χ1) is 11.6. The van der Waals surface area contributed by atoms with E-state index in [-0.39, 0.29) is 24.2 Å². The molecule has 0 saturated carbocycles. The number of rotatable bonds is 4. The molecule has 0 radical (unpaired) electrons. The van der Waals surface area contributed by atoms with Crippen molar-refractivity contribution in [2.45, 2.75) is 32.8 Å². The summed E-state index contributed by atoms with van der Waals surface area (Å²) in [7, 11) is 0. The largest absolute Gasteiger partial charge is 0.478 e. The van der Waals surface area contributed by atoms with Gasteiger partial charge >= 0.3 is 0 Å². The van der Waals surface area contributed by atoms with Crippen LogP contribution in [0.25, 0.3) is 0 Å². The molecule has 2 heterocycles. The number of nitrogens with zero attached hydrogens (tertiary/aromatic N) is 1. The van der Waals surface area contributed by atoms with Crippen LogP contribution < -0.4 is 15.4 Å². The number of likely N-dealkylation sites (tertiary alicyclic amines) is 1. The third kappa shape index (κ3) is 4.25. The molecule has 1 aromatic rings. The standard InChI is InChI=1S/C18H25N3O3.ClH/c1-3-19-11-13-7-9-21(10-8-13)18(23)14-5-4-6-15-16(14)24-12(2)17(22)20-15;/h4-6,12-13,19H,3,7-11H2,1-2H3,(H,20,22);1H. The zero-order valence-corrected chi connectivity index (χ0v) is 15.5. The fourth-order valence-corrected chi connectivity index (χ4v) is 3.25. The Morgan fingerprint density at radius 3 is 2.76 bits per heavy atom. The molecule has 1 unspecified atom stereocenters. The maximum atomic E-state index is 12.9. The minimum atomic E-state index is -0.586. The van der Waals surface area contributed by atoms with Crippen LogP contribution in [0.3, 0.4) is 0 Å². The fraction of sp³-hybridized carbons (Fsp3) is 0.556. The van der Waals surface area contributed by atoms with Gasteiger partial charge in [0.25, 0.3) is 11.8 Å². The minimum absolute atomic E-state index is 0. The van der Waals surface area contributed by atoms with Gasteiger partial charge in [-0.2, -0.15) is 0 Å². The van der Waals surface area contributed by atoms with Gasteiger partial charge in [0.1, 0.15) is 0 Å². The molecule has 2 amide bonds. The van der Waals surface area contributed by atoms with Gasteiger partial charge < -0.3 is 20.3 Å². The van der Waals surface area contributed by atoms with E-state index < -0.39 is 6.10 Å². The number of hydrogen-bond acceptors (Lipinski definition) is 4. The van der Waals surface area contributed by atoms with E-state index in [1.54, 1.807) is 25.1 Å². The van der Waals surface area contributed by atoms with Crippen molar-refractivity contribution in [2.24, 2.45) is 5.92 Å². The van der Waals surface area contributed by atoms with E-state index in [2.05, 4.69) is 17.6 Å². The first-order valence-corrected chi connectivity index (χ1v) is 8.70. The topological polar surface area (TPSA) is 70.7 Å². The Morgan fingerprint density at radius 1 is 1.36 bits per heavy atom. The molecule has 2 aliphatic rings. The van der Waals surface area contributed by atoms with Crippen molar-refractivity contribution in [3.8, 4) is 5.75 Å². The summed E-state index contributed by atoms with van der Waals surface area (Å²) in [6.45, 7) is 7.33. The second-order valence-corrected chi connectivity index (χ2v) is 6.47. The number of amides is 2. The summed E-state index contributed by atoms with van der Waals surface area (Å²) in [5, 5.41) is 6.18. The van der Waals surface area contributed by atoms with Crippen LogP contribution in [0.2, 0.25) is 0 Å². The molecule has 0 bridgehead atoms. The Bertz CT molecular complexity index is 630. The highest BCUT2D eigenvalue weighted by Gasteiger charge is 2.30. The first kappa shape index (κ1) is 19.5. The van der Waals surface area contributed by atoms with Crippen LogP contribution in [0.1, 0.15) is 37.0 Å². The van der Waals surface area contributed by atoms with Gasteiger partial charge in [-0.25, -0.2) is 0 Å². The summed E-state index contributed by atoms with van der Waals surface area (Å²) in [6, 6.07) is 5.32. The highest BCUT2D eigenvalue weighted by molar-refractivity contribution is 6.04. The Hall–Kier alpha value is -1.79. The maximum absolute atomic E-state index is 12.9. The van der Waals surface area contributed by atoms with Crippen LogP contribution >= 0.6 is 12.4 Å². The molecule has 0 aromatic heterocycles. The average Bonchev–Trinajstić information content (AvgIpc) is 2.60. The lowest BCUT2D eigenvalue weighted by Crippen LogP contribution is -2.41. The van der Waals surface area contributed by atoms with Gasteiger partial charge in [0.05, 0.1) is 11.3 Å². The highest BCUT2D eigenvalue weighted by atomic mass is 35.5. The molecule has 0 spiro atoms. The Balaban J connectivity index is 0.00000225. The van der Waals surface area contributed by atoms with E-state index in [0.29, 0.717) is 22.9 Å². The zero-order valence-electron chi connectivity index (χ0n) is 14.7. The molecule has 2 N–H and O–H groups in total. The summed E-state index contributed by atoms with van der Waals surface area (Å²) in [4.78, 5) is 26.5. The summed E-state index contributed by atoms with van der Waals surface area (Å²) in [5.74, 6) is 0.923. The number of carbonyl (C=O) groups is 2. The Kier molecular flexibility index (Phi) is 6.67. The second-order valence-electron chi connectivity index (χ2n) is 6.47. The van der Waals surface area contributed by atoms with E-state index in [1.807, 2.05) is 4.90 Å². The zero-order chi connectivity index (χ0) is 17.1. The van der Waals surface area contributed by atoms with Crippen LogP contribution in [0.4, 0.5) is 5.69 Å². The van der Waals surface area contributed by atoms with Crippen LogP contribution in [0, 0.1) is 5.92 Å². The van der Waals surface area contributed by atoms with E-state index >= 15 is 0 Å². The van der Waals surface area contributed by atoms with E-state index in [0.717, 1.165) is 39.0 Å². The van der Waals surface area contributed by atoms with E-state index in [9.17, 15) is 9.59 Å². The van der Waals surface area contributed by atoms with E-state index in [1.165, 1.54) is 0 Å². The lowest BCUT2D eigenvalue weighted by molar-refractivity contribution is -0.122. The van der Waals surface area contributed by atoms with E-state index in [4.69, 9.17) is 4.74 Å². The smallest absolute Gasteiger partial charge is 0.265 e. The number of halogens is 1. The van der Waals surface area contributed by atoms with Crippen molar-refractivity contribution in [3.05, 3.63) is 23.8 Å². The molecule has 1 saturated heterocycles. The molecular weight excluding hydrogens is 342 g/mol. The fourth-order valence-electron chi connectivity index (χ4n) is 3.25.